The van der Waals surface area contributed by atoms with Crippen molar-refractivity contribution in [3.8, 4) is 11.4 Å². The SMILES string of the molecule is C=CCn1c(S[C@H](C)C(=O)NCc2ccccc2Cl)nnc1-c1cccnc1. The first-order valence-corrected chi connectivity index (χ1v) is 9.98. The van der Waals surface area contributed by atoms with Crippen LogP contribution in [-0.2, 0) is 17.9 Å². The summed E-state index contributed by atoms with van der Waals surface area (Å²) < 4.78 is 1.92. The molecule has 8 heteroatoms. The normalized spacial score (nSPS) is 11.8. The lowest BCUT2D eigenvalue weighted by atomic mass is 10.2. The largest absolute Gasteiger partial charge is 0.351 e. The molecule has 1 aromatic carbocycles. The second-order valence-corrected chi connectivity index (χ2v) is 7.73. The van der Waals surface area contributed by atoms with E-state index >= 15 is 0 Å². The van der Waals surface area contributed by atoms with E-state index in [2.05, 4.69) is 27.1 Å². The molecule has 0 unspecified atom stereocenters. The molecule has 1 amide bonds. The number of pyridine rings is 1. The number of benzene rings is 1. The van der Waals surface area contributed by atoms with Crippen LogP contribution in [-0.4, -0.2) is 30.9 Å². The molecule has 0 aliphatic rings. The van der Waals surface area contributed by atoms with Crippen molar-refractivity contribution < 1.29 is 4.79 Å². The summed E-state index contributed by atoms with van der Waals surface area (Å²) in [5, 5.41) is 12.4. The van der Waals surface area contributed by atoms with Crippen LogP contribution in [0.25, 0.3) is 11.4 Å². The number of hydrogen-bond acceptors (Lipinski definition) is 5. The van der Waals surface area contributed by atoms with Gasteiger partial charge in [-0.1, -0.05) is 47.6 Å². The molecule has 6 nitrogen and oxygen atoms in total. The van der Waals surface area contributed by atoms with Crippen molar-refractivity contribution in [2.75, 3.05) is 0 Å². The molecule has 0 radical (unpaired) electrons. The number of aromatic nitrogens is 4. The van der Waals surface area contributed by atoms with Gasteiger partial charge >= 0.3 is 0 Å². The van der Waals surface area contributed by atoms with E-state index in [4.69, 9.17) is 11.6 Å². The minimum atomic E-state index is -0.350. The molecule has 144 valence electrons. The van der Waals surface area contributed by atoms with Crippen LogP contribution in [0.1, 0.15) is 12.5 Å². The number of carbonyl (C=O) groups is 1. The molecule has 3 aromatic rings. The highest BCUT2D eigenvalue weighted by Crippen LogP contribution is 2.26. The fourth-order valence-corrected chi connectivity index (χ4v) is 3.64. The highest BCUT2D eigenvalue weighted by atomic mass is 35.5. The van der Waals surface area contributed by atoms with Crippen molar-refractivity contribution in [2.45, 2.75) is 30.4 Å². The van der Waals surface area contributed by atoms with Crippen molar-refractivity contribution in [3.63, 3.8) is 0 Å². The third-order valence-electron chi connectivity index (χ3n) is 4.01. The Labute approximate surface area is 173 Å². The van der Waals surface area contributed by atoms with Crippen molar-refractivity contribution in [1.82, 2.24) is 25.1 Å². The van der Waals surface area contributed by atoms with Gasteiger partial charge in [0.15, 0.2) is 11.0 Å². The molecule has 28 heavy (non-hydrogen) atoms. The molecular formula is C20H20ClN5OS. The van der Waals surface area contributed by atoms with E-state index < -0.39 is 0 Å². The predicted molar refractivity (Wildman–Crippen MR) is 112 cm³/mol. The Morgan fingerprint density at radius 3 is 2.86 bits per heavy atom. The first kappa shape index (κ1) is 20.1. The van der Waals surface area contributed by atoms with E-state index in [1.165, 1.54) is 11.8 Å². The maximum absolute atomic E-state index is 12.5. The first-order chi connectivity index (χ1) is 13.6. The summed E-state index contributed by atoms with van der Waals surface area (Å²) in [4.78, 5) is 16.6. The molecule has 1 N–H and O–H groups in total. The molecule has 0 fully saturated rings. The fraction of sp³-hybridized carbons (Fsp3) is 0.200. The zero-order chi connectivity index (χ0) is 19.9. The van der Waals surface area contributed by atoms with Gasteiger partial charge in [0.2, 0.25) is 5.91 Å². The lowest BCUT2D eigenvalue weighted by molar-refractivity contribution is -0.120. The number of nitrogens with one attached hydrogen (secondary N) is 1. The van der Waals surface area contributed by atoms with E-state index in [0.29, 0.717) is 29.1 Å². The van der Waals surface area contributed by atoms with Gasteiger partial charge in [0, 0.05) is 36.1 Å². The molecular weight excluding hydrogens is 394 g/mol. The molecule has 0 aliphatic carbocycles. The van der Waals surface area contributed by atoms with Crippen LogP contribution in [0.2, 0.25) is 5.02 Å². The number of thioether (sulfide) groups is 1. The maximum Gasteiger partial charge on any atom is 0.233 e. The van der Waals surface area contributed by atoms with Gasteiger partial charge in [-0.05, 0) is 30.7 Å². The van der Waals surface area contributed by atoms with E-state index in [9.17, 15) is 4.79 Å². The first-order valence-electron chi connectivity index (χ1n) is 8.72. The van der Waals surface area contributed by atoms with Gasteiger partial charge in [0.25, 0.3) is 0 Å². The summed E-state index contributed by atoms with van der Waals surface area (Å²) in [5.41, 5.74) is 1.74. The zero-order valence-corrected chi connectivity index (χ0v) is 17.0. The smallest absolute Gasteiger partial charge is 0.233 e. The Balaban J connectivity index is 1.70. The predicted octanol–water partition coefficient (Wildman–Crippen LogP) is 3.98. The van der Waals surface area contributed by atoms with Gasteiger partial charge in [-0.2, -0.15) is 0 Å². The van der Waals surface area contributed by atoms with Crippen LogP contribution in [0.5, 0.6) is 0 Å². The van der Waals surface area contributed by atoms with Gasteiger partial charge in [0.05, 0.1) is 5.25 Å². The third kappa shape index (κ3) is 4.79. The minimum Gasteiger partial charge on any atom is -0.351 e. The molecule has 0 spiro atoms. The Morgan fingerprint density at radius 2 is 2.14 bits per heavy atom. The summed E-state index contributed by atoms with van der Waals surface area (Å²) in [6.07, 6.45) is 5.21. The Morgan fingerprint density at radius 1 is 1.32 bits per heavy atom. The van der Waals surface area contributed by atoms with Crippen molar-refractivity contribution in [1.29, 1.82) is 0 Å². The number of carbonyl (C=O) groups excluding carboxylic acids is 1. The molecule has 2 aromatic heterocycles. The van der Waals surface area contributed by atoms with Crippen LogP contribution in [0.15, 0.2) is 66.6 Å². The molecule has 0 aliphatic heterocycles. The zero-order valence-electron chi connectivity index (χ0n) is 15.4. The molecule has 0 saturated heterocycles. The lowest BCUT2D eigenvalue weighted by Crippen LogP contribution is -2.30. The van der Waals surface area contributed by atoms with Gasteiger partial charge in [-0.15, -0.1) is 16.8 Å². The summed E-state index contributed by atoms with van der Waals surface area (Å²) in [6, 6.07) is 11.2. The summed E-state index contributed by atoms with van der Waals surface area (Å²) >= 11 is 7.49. The maximum atomic E-state index is 12.5. The highest BCUT2D eigenvalue weighted by molar-refractivity contribution is 8.00. The standard InChI is InChI=1S/C20H20ClN5OS/c1-3-11-26-18(16-8-6-10-22-12-16)24-25-20(26)28-14(2)19(27)23-13-15-7-4-5-9-17(15)21/h3-10,12,14H,1,11,13H2,2H3,(H,23,27)/t14-/m1/s1. The number of allylic oxidation sites excluding steroid dienone is 1. The molecule has 2 heterocycles. The second kappa shape index (κ2) is 9.52. The highest BCUT2D eigenvalue weighted by Gasteiger charge is 2.20. The van der Waals surface area contributed by atoms with Gasteiger partial charge in [-0.25, -0.2) is 0 Å². The van der Waals surface area contributed by atoms with Gasteiger partial charge < -0.3 is 5.32 Å². The topological polar surface area (TPSA) is 72.7 Å². The molecule has 0 bridgehead atoms. The van der Waals surface area contributed by atoms with E-state index in [1.54, 1.807) is 24.5 Å². The number of amides is 1. The van der Waals surface area contributed by atoms with Crippen LogP contribution < -0.4 is 5.32 Å². The number of halogens is 1. The molecule has 3 rings (SSSR count). The average Bonchev–Trinajstić information content (AvgIpc) is 3.10. The van der Waals surface area contributed by atoms with Gasteiger partial charge in [0.1, 0.15) is 0 Å². The Kier molecular flexibility index (Phi) is 6.84. The Bertz CT molecular complexity index is 960. The van der Waals surface area contributed by atoms with Crippen molar-refractivity contribution in [2.24, 2.45) is 0 Å². The fourth-order valence-electron chi connectivity index (χ4n) is 2.56. The third-order valence-corrected chi connectivity index (χ3v) is 5.46. The summed E-state index contributed by atoms with van der Waals surface area (Å²) in [7, 11) is 0. The second-order valence-electron chi connectivity index (χ2n) is 6.02. The van der Waals surface area contributed by atoms with E-state index in [1.807, 2.05) is 41.8 Å². The van der Waals surface area contributed by atoms with Crippen LogP contribution in [0.3, 0.4) is 0 Å². The van der Waals surface area contributed by atoms with Gasteiger partial charge in [-0.3, -0.25) is 14.3 Å². The van der Waals surface area contributed by atoms with E-state index in [-0.39, 0.29) is 11.2 Å². The minimum absolute atomic E-state index is 0.0963. The summed E-state index contributed by atoms with van der Waals surface area (Å²) in [6.45, 7) is 6.55. The van der Waals surface area contributed by atoms with Crippen LogP contribution in [0.4, 0.5) is 0 Å². The summed E-state index contributed by atoms with van der Waals surface area (Å²) in [5.74, 6) is 0.597. The number of rotatable bonds is 8. The van der Waals surface area contributed by atoms with Crippen molar-refractivity contribution >= 4 is 29.3 Å². The lowest BCUT2D eigenvalue weighted by Gasteiger charge is -2.13. The van der Waals surface area contributed by atoms with Crippen LogP contribution >= 0.6 is 23.4 Å². The monoisotopic (exact) mass is 413 g/mol. The Hall–Kier alpha value is -2.64. The van der Waals surface area contributed by atoms with Crippen LogP contribution in [0, 0.1) is 0 Å². The van der Waals surface area contributed by atoms with E-state index in [0.717, 1.165) is 11.1 Å². The molecule has 1 atom stereocenters. The number of nitrogens with zero attached hydrogens (tertiary/aromatic N) is 4. The number of hydrogen-bond donors (Lipinski definition) is 1. The average molecular weight is 414 g/mol. The molecule has 0 saturated carbocycles. The van der Waals surface area contributed by atoms with Crippen molar-refractivity contribution in [3.05, 3.63) is 72.0 Å². The quantitative estimate of drug-likeness (QED) is 0.446.